The van der Waals surface area contributed by atoms with Crippen LogP contribution < -0.4 is 5.32 Å². The van der Waals surface area contributed by atoms with E-state index in [1.54, 1.807) is 11.5 Å². The van der Waals surface area contributed by atoms with Crippen molar-refractivity contribution in [2.24, 2.45) is 0 Å². The van der Waals surface area contributed by atoms with Gasteiger partial charge in [0, 0.05) is 22.5 Å². The second kappa shape index (κ2) is 5.21. The monoisotopic (exact) mass is 260 g/mol. The molecule has 1 aromatic carbocycles. The minimum Gasteiger partial charge on any atom is -0.307 e. The number of hydrogen-bond acceptors (Lipinski definition) is 3. The Morgan fingerprint density at radius 3 is 2.44 bits per heavy atom. The zero-order chi connectivity index (χ0) is 13.2. The molecular formula is C15H20N2S. The highest BCUT2D eigenvalue weighted by Gasteiger charge is 2.10. The van der Waals surface area contributed by atoms with E-state index in [9.17, 15) is 0 Å². The van der Waals surface area contributed by atoms with Gasteiger partial charge in [-0.2, -0.15) is 4.37 Å². The topological polar surface area (TPSA) is 24.9 Å². The molecule has 0 radical (unpaired) electrons. The van der Waals surface area contributed by atoms with Crippen molar-refractivity contribution in [3.8, 4) is 11.3 Å². The molecule has 2 rings (SSSR count). The molecule has 96 valence electrons. The lowest BCUT2D eigenvalue weighted by atomic mass is 10.1. The lowest BCUT2D eigenvalue weighted by Gasteiger charge is -2.19. The Morgan fingerprint density at radius 1 is 1.17 bits per heavy atom. The van der Waals surface area contributed by atoms with Crippen LogP contribution in [0.25, 0.3) is 11.3 Å². The third kappa shape index (κ3) is 3.65. The van der Waals surface area contributed by atoms with Gasteiger partial charge in [-0.15, -0.1) is 0 Å². The van der Waals surface area contributed by atoms with Crippen molar-refractivity contribution in [3.05, 3.63) is 40.8 Å². The molecule has 0 aliphatic heterocycles. The summed E-state index contributed by atoms with van der Waals surface area (Å²) in [5.41, 5.74) is 3.70. The van der Waals surface area contributed by atoms with Crippen molar-refractivity contribution >= 4 is 11.5 Å². The maximum absolute atomic E-state index is 4.52. The number of nitrogens with one attached hydrogen (secondary N) is 1. The van der Waals surface area contributed by atoms with Crippen LogP contribution in [0, 0.1) is 6.92 Å². The molecule has 0 saturated heterocycles. The van der Waals surface area contributed by atoms with E-state index in [0.717, 1.165) is 12.2 Å². The molecule has 0 saturated carbocycles. The third-order valence-corrected chi connectivity index (χ3v) is 3.48. The molecular weight excluding hydrogens is 240 g/mol. The van der Waals surface area contributed by atoms with Crippen LogP contribution in [0.4, 0.5) is 0 Å². The Hall–Kier alpha value is -1.19. The van der Waals surface area contributed by atoms with Crippen molar-refractivity contribution in [1.29, 1.82) is 0 Å². The number of nitrogens with zero attached hydrogens (tertiary/aromatic N) is 1. The van der Waals surface area contributed by atoms with Crippen molar-refractivity contribution in [1.82, 2.24) is 9.69 Å². The van der Waals surface area contributed by atoms with E-state index in [1.807, 2.05) is 0 Å². The SMILES string of the molecule is Cc1ccc(-c2cc(CNC(C)(C)C)sn2)cc1. The van der Waals surface area contributed by atoms with Crippen LogP contribution in [0.3, 0.4) is 0 Å². The highest BCUT2D eigenvalue weighted by Crippen LogP contribution is 2.22. The standard InChI is InChI=1S/C15H20N2S/c1-11-5-7-12(8-6-11)14-9-13(18-17-14)10-16-15(2,3)4/h5-9,16H,10H2,1-4H3. The first-order valence-corrected chi connectivity index (χ1v) is 6.99. The molecule has 0 unspecified atom stereocenters. The van der Waals surface area contributed by atoms with Crippen LogP contribution in [0.15, 0.2) is 30.3 Å². The summed E-state index contributed by atoms with van der Waals surface area (Å²) in [6.45, 7) is 9.51. The number of rotatable bonds is 3. The molecule has 0 bridgehead atoms. The minimum atomic E-state index is 0.147. The highest BCUT2D eigenvalue weighted by molar-refractivity contribution is 7.06. The quantitative estimate of drug-likeness (QED) is 0.902. The lowest BCUT2D eigenvalue weighted by molar-refractivity contribution is 0.426. The maximum Gasteiger partial charge on any atom is 0.0844 e. The second-order valence-electron chi connectivity index (χ2n) is 5.65. The lowest BCUT2D eigenvalue weighted by Crippen LogP contribution is -2.34. The fourth-order valence-electron chi connectivity index (χ4n) is 1.61. The molecule has 0 amide bonds. The van der Waals surface area contributed by atoms with Gasteiger partial charge in [0.05, 0.1) is 5.69 Å². The molecule has 1 heterocycles. The van der Waals surface area contributed by atoms with Gasteiger partial charge in [-0.3, -0.25) is 0 Å². The summed E-state index contributed by atoms with van der Waals surface area (Å²) in [7, 11) is 0. The predicted molar refractivity (Wildman–Crippen MR) is 78.9 cm³/mol. The highest BCUT2D eigenvalue weighted by atomic mass is 32.1. The van der Waals surface area contributed by atoms with E-state index in [4.69, 9.17) is 0 Å². The molecule has 2 aromatic rings. The number of aromatic nitrogens is 1. The molecule has 18 heavy (non-hydrogen) atoms. The van der Waals surface area contributed by atoms with Crippen LogP contribution in [0.2, 0.25) is 0 Å². The van der Waals surface area contributed by atoms with Crippen LogP contribution in [0.1, 0.15) is 31.2 Å². The summed E-state index contributed by atoms with van der Waals surface area (Å²) in [5.74, 6) is 0. The zero-order valence-electron chi connectivity index (χ0n) is 11.4. The van der Waals surface area contributed by atoms with E-state index < -0.39 is 0 Å². The van der Waals surface area contributed by atoms with E-state index in [0.29, 0.717) is 0 Å². The first-order chi connectivity index (χ1) is 8.44. The average Bonchev–Trinajstić information content (AvgIpc) is 2.75. The van der Waals surface area contributed by atoms with Gasteiger partial charge in [0.25, 0.3) is 0 Å². The summed E-state index contributed by atoms with van der Waals surface area (Å²) >= 11 is 1.58. The summed E-state index contributed by atoms with van der Waals surface area (Å²) in [5, 5.41) is 3.48. The third-order valence-electron chi connectivity index (χ3n) is 2.70. The van der Waals surface area contributed by atoms with Gasteiger partial charge in [-0.1, -0.05) is 29.8 Å². The second-order valence-corrected chi connectivity index (χ2v) is 6.54. The van der Waals surface area contributed by atoms with E-state index in [2.05, 4.69) is 67.7 Å². The van der Waals surface area contributed by atoms with Gasteiger partial charge in [0.1, 0.15) is 0 Å². The summed E-state index contributed by atoms with van der Waals surface area (Å²) < 4.78 is 4.52. The van der Waals surface area contributed by atoms with Crippen LogP contribution >= 0.6 is 11.5 Å². The smallest absolute Gasteiger partial charge is 0.0844 e. The molecule has 0 spiro atoms. The van der Waals surface area contributed by atoms with Crippen LogP contribution in [-0.4, -0.2) is 9.91 Å². The van der Waals surface area contributed by atoms with E-state index in [1.165, 1.54) is 16.0 Å². The Morgan fingerprint density at radius 2 is 1.83 bits per heavy atom. The molecule has 0 aliphatic rings. The first kappa shape index (κ1) is 13.2. The Balaban J connectivity index is 2.08. The van der Waals surface area contributed by atoms with Gasteiger partial charge in [-0.25, -0.2) is 0 Å². The van der Waals surface area contributed by atoms with Gasteiger partial charge >= 0.3 is 0 Å². The average molecular weight is 260 g/mol. The largest absolute Gasteiger partial charge is 0.307 e. The Kier molecular flexibility index (Phi) is 3.83. The maximum atomic E-state index is 4.52. The minimum absolute atomic E-state index is 0.147. The molecule has 1 aromatic heterocycles. The van der Waals surface area contributed by atoms with Crippen molar-refractivity contribution < 1.29 is 0 Å². The van der Waals surface area contributed by atoms with Gasteiger partial charge < -0.3 is 5.32 Å². The number of aryl methyl sites for hydroxylation is 1. The van der Waals surface area contributed by atoms with Crippen LogP contribution in [0.5, 0.6) is 0 Å². The number of benzene rings is 1. The summed E-state index contributed by atoms with van der Waals surface area (Å²) in [6, 6.07) is 10.7. The first-order valence-electron chi connectivity index (χ1n) is 6.22. The number of hydrogen-bond donors (Lipinski definition) is 1. The van der Waals surface area contributed by atoms with Crippen molar-refractivity contribution in [2.45, 2.75) is 39.8 Å². The predicted octanol–water partition coefficient (Wildman–Crippen LogP) is 4.01. The zero-order valence-corrected chi connectivity index (χ0v) is 12.3. The molecule has 1 N–H and O–H groups in total. The Bertz CT molecular complexity index is 506. The Labute approximate surface area is 113 Å². The normalized spacial score (nSPS) is 11.8. The summed E-state index contributed by atoms with van der Waals surface area (Å²) in [4.78, 5) is 1.28. The van der Waals surface area contributed by atoms with Gasteiger partial charge in [0.15, 0.2) is 0 Å². The van der Waals surface area contributed by atoms with Gasteiger partial charge in [-0.05, 0) is 45.3 Å². The molecule has 3 heteroatoms. The summed E-state index contributed by atoms with van der Waals surface area (Å²) in [6.07, 6.45) is 0. The van der Waals surface area contributed by atoms with Crippen LogP contribution in [-0.2, 0) is 6.54 Å². The fourth-order valence-corrected chi connectivity index (χ4v) is 2.28. The fraction of sp³-hybridized carbons (Fsp3) is 0.400. The molecule has 2 nitrogen and oxygen atoms in total. The molecule has 0 fully saturated rings. The van der Waals surface area contributed by atoms with Crippen molar-refractivity contribution in [3.63, 3.8) is 0 Å². The van der Waals surface area contributed by atoms with E-state index >= 15 is 0 Å². The molecule has 0 atom stereocenters. The molecule has 0 aliphatic carbocycles. The van der Waals surface area contributed by atoms with Crippen molar-refractivity contribution in [2.75, 3.05) is 0 Å². The van der Waals surface area contributed by atoms with Gasteiger partial charge in [0.2, 0.25) is 0 Å². The van der Waals surface area contributed by atoms with E-state index in [-0.39, 0.29) is 5.54 Å².